The van der Waals surface area contributed by atoms with Gasteiger partial charge in [0, 0.05) is 33.0 Å². The van der Waals surface area contributed by atoms with Crippen LogP contribution in [0.3, 0.4) is 0 Å². The van der Waals surface area contributed by atoms with Gasteiger partial charge in [0.25, 0.3) is 0 Å². The Hall–Kier alpha value is -8.73. The van der Waals surface area contributed by atoms with Crippen LogP contribution < -0.4 is 0 Å². The van der Waals surface area contributed by atoms with Crippen molar-refractivity contribution >= 4 is 32.7 Å². The highest BCUT2D eigenvalue weighted by atomic mass is 16.3. The summed E-state index contributed by atoms with van der Waals surface area (Å²) in [6.45, 7) is 0. The van der Waals surface area contributed by atoms with Gasteiger partial charge in [-0.2, -0.15) is 0 Å². The number of nitrogens with zero attached hydrogens (tertiary/aromatic N) is 3. The van der Waals surface area contributed by atoms with Crippen LogP contribution in [0.2, 0.25) is 0 Å². The molecule has 2 heterocycles. The van der Waals surface area contributed by atoms with Crippen molar-refractivity contribution < 1.29 is 4.42 Å². The quantitative estimate of drug-likeness (QED) is 0.153. The van der Waals surface area contributed by atoms with Crippen molar-refractivity contribution in [3.63, 3.8) is 0 Å². The molecule has 0 saturated carbocycles. The van der Waals surface area contributed by atoms with Crippen molar-refractivity contribution in [1.29, 1.82) is 0 Å². The fourth-order valence-corrected chi connectivity index (χ4v) is 9.07. The summed E-state index contributed by atoms with van der Waals surface area (Å²) >= 11 is 0. The van der Waals surface area contributed by atoms with Crippen molar-refractivity contribution in [2.24, 2.45) is 0 Å². The van der Waals surface area contributed by atoms with Gasteiger partial charge in [-0.3, -0.25) is 0 Å². The summed E-state index contributed by atoms with van der Waals surface area (Å²) < 4.78 is 6.90. The summed E-state index contributed by atoms with van der Waals surface area (Å²) in [5.74, 6) is 1.77. The molecule has 4 heteroatoms. The van der Waals surface area contributed by atoms with Crippen molar-refractivity contribution in [3.8, 4) is 89.8 Å². The first-order chi connectivity index (χ1) is 32.2. The Morgan fingerprint density at radius 2 is 0.738 bits per heavy atom. The Morgan fingerprint density at radius 1 is 0.262 bits per heavy atom. The van der Waals surface area contributed by atoms with Crippen LogP contribution >= 0.6 is 0 Å². The number of benzene rings is 10. The van der Waals surface area contributed by atoms with E-state index in [-0.39, 0.29) is 0 Å². The molecule has 0 saturated heterocycles. The normalized spacial score (nSPS) is 11.4. The lowest BCUT2D eigenvalue weighted by molar-refractivity contribution is 0.670. The average molecular weight is 830 g/mol. The Balaban J connectivity index is 1.01. The zero-order valence-corrected chi connectivity index (χ0v) is 35.3. The minimum Gasteiger partial charge on any atom is -0.455 e. The van der Waals surface area contributed by atoms with E-state index in [9.17, 15) is 0 Å². The van der Waals surface area contributed by atoms with Crippen LogP contribution in [-0.4, -0.2) is 15.0 Å². The van der Waals surface area contributed by atoms with Gasteiger partial charge in [0.15, 0.2) is 17.5 Å². The van der Waals surface area contributed by atoms with Gasteiger partial charge in [0.05, 0.1) is 0 Å². The standard InChI is InChI=1S/C61H39N3O/c1-4-14-40(15-5-1)43-26-31-46(32-27-43)59-62-60(47-33-28-44(29-34-47)49-35-30-42-18-10-11-21-48(42)38-49)64-61(63-59)54-24-13-25-56-57(54)53-23-12-22-52(58(53)65-56)51-37-36-50(41-16-6-2-7-17-41)39-55(51)45-19-8-3-9-20-45/h1-39H. The molecule has 12 rings (SSSR count). The summed E-state index contributed by atoms with van der Waals surface area (Å²) in [5, 5.41) is 4.39. The molecule has 10 aromatic carbocycles. The van der Waals surface area contributed by atoms with Gasteiger partial charge in [-0.25, -0.2) is 15.0 Å². The van der Waals surface area contributed by atoms with E-state index in [4.69, 9.17) is 19.4 Å². The van der Waals surface area contributed by atoms with Gasteiger partial charge >= 0.3 is 0 Å². The van der Waals surface area contributed by atoms with Crippen LogP contribution in [0.5, 0.6) is 0 Å². The highest BCUT2D eigenvalue weighted by molar-refractivity contribution is 6.15. The van der Waals surface area contributed by atoms with E-state index in [1.54, 1.807) is 0 Å². The van der Waals surface area contributed by atoms with Crippen molar-refractivity contribution in [2.45, 2.75) is 0 Å². The monoisotopic (exact) mass is 829 g/mol. The van der Waals surface area contributed by atoms with Gasteiger partial charge in [-0.1, -0.05) is 218 Å². The second kappa shape index (κ2) is 16.2. The number of hydrogen-bond acceptors (Lipinski definition) is 4. The first-order valence-corrected chi connectivity index (χ1v) is 21.9. The van der Waals surface area contributed by atoms with Crippen LogP contribution in [0.15, 0.2) is 241 Å². The van der Waals surface area contributed by atoms with Crippen LogP contribution in [0.1, 0.15) is 0 Å². The maximum Gasteiger partial charge on any atom is 0.164 e. The smallest absolute Gasteiger partial charge is 0.164 e. The first kappa shape index (κ1) is 38.0. The third-order valence-electron chi connectivity index (χ3n) is 12.4. The van der Waals surface area contributed by atoms with Crippen molar-refractivity contribution in [1.82, 2.24) is 15.0 Å². The molecule has 0 spiro atoms. The predicted molar refractivity (Wildman–Crippen MR) is 268 cm³/mol. The highest BCUT2D eigenvalue weighted by Gasteiger charge is 2.21. The molecule has 0 fully saturated rings. The Morgan fingerprint density at radius 3 is 1.42 bits per heavy atom. The number of rotatable bonds is 8. The van der Waals surface area contributed by atoms with E-state index >= 15 is 0 Å². The Bertz CT molecular complexity index is 3670. The molecular weight excluding hydrogens is 791 g/mol. The summed E-state index contributed by atoms with van der Waals surface area (Å²) in [7, 11) is 0. The molecular formula is C61H39N3O. The van der Waals surface area contributed by atoms with Crippen LogP contribution in [0.4, 0.5) is 0 Å². The molecule has 0 N–H and O–H groups in total. The lowest BCUT2D eigenvalue weighted by atomic mass is 9.90. The summed E-state index contributed by atoms with van der Waals surface area (Å²) in [6.07, 6.45) is 0. The number of para-hydroxylation sites is 1. The molecule has 0 aliphatic rings. The molecule has 65 heavy (non-hydrogen) atoms. The van der Waals surface area contributed by atoms with Gasteiger partial charge in [-0.05, 0) is 79.0 Å². The molecule has 0 aliphatic heterocycles. The zero-order valence-electron chi connectivity index (χ0n) is 35.3. The molecule has 0 aliphatic carbocycles. The lowest BCUT2D eigenvalue weighted by Crippen LogP contribution is -2.00. The average Bonchev–Trinajstić information content (AvgIpc) is 3.79. The molecule has 0 amide bonds. The topological polar surface area (TPSA) is 51.8 Å². The van der Waals surface area contributed by atoms with E-state index in [1.165, 1.54) is 16.3 Å². The summed E-state index contributed by atoms with van der Waals surface area (Å²) in [5.41, 5.74) is 15.6. The Kier molecular flexibility index (Phi) is 9.46. The van der Waals surface area contributed by atoms with Crippen LogP contribution in [0, 0.1) is 0 Å². The van der Waals surface area contributed by atoms with Gasteiger partial charge in [-0.15, -0.1) is 0 Å². The molecule has 2 aromatic heterocycles. The fourth-order valence-electron chi connectivity index (χ4n) is 9.07. The SMILES string of the molecule is c1ccc(-c2ccc(-c3nc(-c4ccc(-c5ccc6ccccc6c5)cc4)nc(-c4cccc5oc6c(-c7ccc(-c8ccccc8)cc7-c7ccccc7)cccc6c45)n3)cc2)cc1. The molecule has 0 bridgehead atoms. The fraction of sp³-hybridized carbons (Fsp3) is 0. The number of fused-ring (bicyclic) bond motifs is 4. The molecule has 304 valence electrons. The summed E-state index contributed by atoms with van der Waals surface area (Å²) in [6, 6.07) is 82.9. The maximum absolute atomic E-state index is 6.90. The highest BCUT2D eigenvalue weighted by Crippen LogP contribution is 2.44. The lowest BCUT2D eigenvalue weighted by Gasteiger charge is -2.13. The third-order valence-corrected chi connectivity index (χ3v) is 12.4. The maximum atomic E-state index is 6.90. The minimum atomic E-state index is 0.576. The molecule has 12 aromatic rings. The van der Waals surface area contributed by atoms with E-state index in [0.29, 0.717) is 17.5 Å². The number of hydrogen-bond donors (Lipinski definition) is 0. The zero-order chi connectivity index (χ0) is 43.1. The molecule has 0 atom stereocenters. The van der Waals surface area contributed by atoms with Gasteiger partial charge in [0.1, 0.15) is 11.2 Å². The van der Waals surface area contributed by atoms with E-state index in [0.717, 1.165) is 88.7 Å². The largest absolute Gasteiger partial charge is 0.455 e. The van der Waals surface area contributed by atoms with Gasteiger partial charge in [0.2, 0.25) is 0 Å². The molecule has 4 nitrogen and oxygen atoms in total. The number of aromatic nitrogens is 3. The van der Waals surface area contributed by atoms with Gasteiger partial charge < -0.3 is 4.42 Å². The predicted octanol–water partition coefficient (Wildman–Crippen LogP) is 16.3. The second-order valence-electron chi connectivity index (χ2n) is 16.3. The summed E-state index contributed by atoms with van der Waals surface area (Å²) in [4.78, 5) is 15.6. The Labute approximate surface area is 376 Å². The van der Waals surface area contributed by atoms with E-state index < -0.39 is 0 Å². The molecule has 0 radical (unpaired) electrons. The number of furan rings is 1. The van der Waals surface area contributed by atoms with Crippen LogP contribution in [-0.2, 0) is 0 Å². The van der Waals surface area contributed by atoms with Crippen molar-refractivity contribution in [2.75, 3.05) is 0 Å². The van der Waals surface area contributed by atoms with E-state index in [1.807, 2.05) is 18.2 Å². The first-order valence-electron chi connectivity index (χ1n) is 21.9. The van der Waals surface area contributed by atoms with Crippen molar-refractivity contribution in [3.05, 3.63) is 237 Å². The molecule has 0 unspecified atom stereocenters. The third kappa shape index (κ3) is 7.13. The minimum absolute atomic E-state index is 0.576. The second-order valence-corrected chi connectivity index (χ2v) is 16.3. The van der Waals surface area contributed by atoms with Crippen LogP contribution in [0.25, 0.3) is 123 Å². The van der Waals surface area contributed by atoms with E-state index in [2.05, 4.69) is 218 Å².